The summed E-state index contributed by atoms with van der Waals surface area (Å²) >= 11 is 0. The van der Waals surface area contributed by atoms with Crippen molar-refractivity contribution >= 4 is 0 Å². The van der Waals surface area contributed by atoms with E-state index >= 15 is 0 Å². The highest BCUT2D eigenvalue weighted by molar-refractivity contribution is 5.26. The van der Waals surface area contributed by atoms with Gasteiger partial charge in [0.15, 0.2) is 0 Å². The third-order valence-electron chi connectivity index (χ3n) is 2.74. The van der Waals surface area contributed by atoms with Crippen LogP contribution >= 0.6 is 0 Å². The largest absolute Gasteiger partial charge is 0.497 e. The van der Waals surface area contributed by atoms with Gasteiger partial charge >= 0.3 is 0 Å². The zero-order valence-electron chi connectivity index (χ0n) is 10.8. The van der Waals surface area contributed by atoms with E-state index < -0.39 is 0 Å². The topological polar surface area (TPSA) is 38.7 Å². The van der Waals surface area contributed by atoms with Crippen LogP contribution in [0.25, 0.3) is 0 Å². The number of aliphatic hydroxyl groups is 1. The van der Waals surface area contributed by atoms with E-state index in [1.165, 1.54) is 0 Å². The molecule has 0 unspecified atom stereocenters. The molecule has 1 aromatic carbocycles. The van der Waals surface area contributed by atoms with E-state index in [-0.39, 0.29) is 12.7 Å². The fraction of sp³-hybridized carbons (Fsp3) is 0.571. The Balaban J connectivity index is 2.34. The minimum Gasteiger partial charge on any atom is -0.497 e. The van der Waals surface area contributed by atoms with Crippen LogP contribution in [0.2, 0.25) is 0 Å². The summed E-state index contributed by atoms with van der Waals surface area (Å²) in [5.74, 6) is 1.15. The van der Waals surface area contributed by atoms with E-state index in [0.29, 0.717) is 12.5 Å². The molecule has 0 aliphatic carbocycles. The van der Waals surface area contributed by atoms with Gasteiger partial charge in [-0.2, -0.15) is 0 Å². The summed E-state index contributed by atoms with van der Waals surface area (Å²) in [7, 11) is 1.66. The molecule has 0 fully saturated rings. The van der Waals surface area contributed by atoms with Crippen LogP contribution < -0.4 is 4.74 Å². The smallest absolute Gasteiger partial charge is 0.118 e. The molecule has 1 N–H and O–H groups in total. The Morgan fingerprint density at radius 3 is 2.35 bits per heavy atom. The summed E-state index contributed by atoms with van der Waals surface area (Å²) in [6, 6.07) is 7.86. The highest BCUT2D eigenvalue weighted by atomic mass is 16.5. The summed E-state index contributed by atoms with van der Waals surface area (Å²) in [5, 5.41) is 8.96. The molecule has 0 saturated heterocycles. The van der Waals surface area contributed by atoms with Gasteiger partial charge in [0.1, 0.15) is 5.75 Å². The Labute approximate surface area is 103 Å². The van der Waals surface area contributed by atoms with Gasteiger partial charge in [-0.15, -0.1) is 0 Å². The fourth-order valence-electron chi connectivity index (χ4n) is 1.67. The van der Waals surface area contributed by atoms with Gasteiger partial charge in [0, 0.05) is 6.61 Å². The molecule has 0 spiro atoms. The van der Waals surface area contributed by atoms with Crippen molar-refractivity contribution in [1.82, 2.24) is 0 Å². The van der Waals surface area contributed by atoms with E-state index in [0.717, 1.165) is 17.7 Å². The predicted octanol–water partition coefficient (Wildman–Crippen LogP) is 2.62. The monoisotopic (exact) mass is 238 g/mol. The number of aliphatic hydroxyl groups excluding tert-OH is 1. The zero-order valence-corrected chi connectivity index (χ0v) is 10.8. The van der Waals surface area contributed by atoms with Crippen molar-refractivity contribution in [3.05, 3.63) is 29.8 Å². The lowest BCUT2D eigenvalue weighted by atomic mass is 10.1. The van der Waals surface area contributed by atoms with Crippen molar-refractivity contribution in [2.24, 2.45) is 5.92 Å². The number of benzene rings is 1. The highest BCUT2D eigenvalue weighted by Gasteiger charge is 2.08. The number of rotatable bonds is 7. The van der Waals surface area contributed by atoms with Crippen molar-refractivity contribution in [2.45, 2.75) is 33.0 Å². The van der Waals surface area contributed by atoms with Gasteiger partial charge in [0.25, 0.3) is 0 Å². The van der Waals surface area contributed by atoms with Crippen LogP contribution in [-0.2, 0) is 11.3 Å². The molecule has 0 aromatic heterocycles. The van der Waals surface area contributed by atoms with Crippen LogP contribution in [0.1, 0.15) is 25.8 Å². The number of ether oxygens (including phenoxy) is 2. The minimum absolute atomic E-state index is 0.166. The lowest BCUT2D eigenvalue weighted by molar-refractivity contribution is 0.0317. The SMILES string of the molecule is COc1ccc(CO[C@@H](C)C[C@@H](C)CO)cc1. The Morgan fingerprint density at radius 1 is 1.18 bits per heavy atom. The highest BCUT2D eigenvalue weighted by Crippen LogP contribution is 2.14. The predicted molar refractivity (Wildman–Crippen MR) is 68.1 cm³/mol. The molecule has 3 nitrogen and oxygen atoms in total. The third kappa shape index (κ3) is 5.20. The Kier molecular flexibility index (Phi) is 6.01. The molecule has 0 aliphatic heterocycles. The molecular weight excluding hydrogens is 216 g/mol. The maximum absolute atomic E-state index is 8.96. The van der Waals surface area contributed by atoms with E-state index in [4.69, 9.17) is 14.6 Å². The summed E-state index contributed by atoms with van der Waals surface area (Å²) < 4.78 is 10.8. The Bertz CT molecular complexity index is 308. The van der Waals surface area contributed by atoms with Crippen molar-refractivity contribution in [1.29, 1.82) is 0 Å². The molecular formula is C14H22O3. The Morgan fingerprint density at radius 2 is 1.82 bits per heavy atom. The molecule has 0 aliphatic rings. The van der Waals surface area contributed by atoms with Crippen LogP contribution in [-0.4, -0.2) is 24.9 Å². The van der Waals surface area contributed by atoms with Crippen molar-refractivity contribution in [2.75, 3.05) is 13.7 Å². The van der Waals surface area contributed by atoms with Crippen LogP contribution in [0.5, 0.6) is 5.75 Å². The van der Waals surface area contributed by atoms with Gasteiger partial charge in [0.05, 0.1) is 19.8 Å². The maximum atomic E-state index is 8.96. The van der Waals surface area contributed by atoms with Gasteiger partial charge in [-0.3, -0.25) is 0 Å². The lowest BCUT2D eigenvalue weighted by Crippen LogP contribution is -2.14. The number of hydrogen-bond acceptors (Lipinski definition) is 3. The van der Waals surface area contributed by atoms with Crippen molar-refractivity contribution < 1.29 is 14.6 Å². The molecule has 96 valence electrons. The average molecular weight is 238 g/mol. The van der Waals surface area contributed by atoms with Gasteiger partial charge in [0.2, 0.25) is 0 Å². The first-order valence-corrected chi connectivity index (χ1v) is 6.01. The molecule has 0 bridgehead atoms. The molecule has 1 rings (SSSR count). The summed E-state index contributed by atoms with van der Waals surface area (Å²) in [6.45, 7) is 4.88. The first kappa shape index (κ1) is 14.0. The van der Waals surface area contributed by atoms with Gasteiger partial charge < -0.3 is 14.6 Å². The molecule has 1 aromatic rings. The minimum atomic E-state index is 0.166. The standard InChI is InChI=1S/C14H22O3/c1-11(9-15)8-12(2)17-10-13-4-6-14(16-3)7-5-13/h4-7,11-12,15H,8-10H2,1-3H3/t11-,12+/m1/s1. The van der Waals surface area contributed by atoms with Crippen LogP contribution in [0.15, 0.2) is 24.3 Å². The zero-order chi connectivity index (χ0) is 12.7. The third-order valence-corrected chi connectivity index (χ3v) is 2.74. The summed E-state index contributed by atoms with van der Waals surface area (Å²) in [6.07, 6.45) is 1.05. The molecule has 3 heteroatoms. The van der Waals surface area contributed by atoms with Crippen LogP contribution in [0, 0.1) is 5.92 Å². The summed E-state index contributed by atoms with van der Waals surface area (Å²) in [5.41, 5.74) is 1.13. The van der Waals surface area contributed by atoms with Crippen LogP contribution in [0.3, 0.4) is 0 Å². The van der Waals surface area contributed by atoms with E-state index in [1.54, 1.807) is 7.11 Å². The second kappa shape index (κ2) is 7.30. The molecule has 0 heterocycles. The molecule has 0 amide bonds. The summed E-state index contributed by atoms with van der Waals surface area (Å²) in [4.78, 5) is 0. The second-order valence-electron chi connectivity index (χ2n) is 4.49. The molecule has 17 heavy (non-hydrogen) atoms. The fourth-order valence-corrected chi connectivity index (χ4v) is 1.67. The lowest BCUT2D eigenvalue weighted by Gasteiger charge is -2.16. The van der Waals surface area contributed by atoms with Gasteiger partial charge in [-0.25, -0.2) is 0 Å². The number of hydrogen-bond donors (Lipinski definition) is 1. The quantitative estimate of drug-likeness (QED) is 0.793. The molecule has 0 saturated carbocycles. The molecule has 0 radical (unpaired) electrons. The second-order valence-corrected chi connectivity index (χ2v) is 4.49. The average Bonchev–Trinajstić information content (AvgIpc) is 2.36. The first-order valence-electron chi connectivity index (χ1n) is 6.01. The first-order chi connectivity index (χ1) is 8.15. The maximum Gasteiger partial charge on any atom is 0.118 e. The van der Waals surface area contributed by atoms with Gasteiger partial charge in [-0.05, 0) is 37.0 Å². The number of methoxy groups -OCH3 is 1. The van der Waals surface area contributed by atoms with Crippen molar-refractivity contribution in [3.63, 3.8) is 0 Å². The van der Waals surface area contributed by atoms with E-state index in [2.05, 4.69) is 0 Å². The molecule has 2 atom stereocenters. The van der Waals surface area contributed by atoms with Crippen molar-refractivity contribution in [3.8, 4) is 5.75 Å². The van der Waals surface area contributed by atoms with Crippen LogP contribution in [0.4, 0.5) is 0 Å². The van der Waals surface area contributed by atoms with E-state index in [9.17, 15) is 0 Å². The van der Waals surface area contributed by atoms with Gasteiger partial charge in [-0.1, -0.05) is 19.1 Å². The Hall–Kier alpha value is -1.06. The van der Waals surface area contributed by atoms with E-state index in [1.807, 2.05) is 38.1 Å². The normalized spacial score (nSPS) is 14.4.